The Morgan fingerprint density at radius 1 is 0.935 bits per heavy atom. The number of benzene rings is 3. The monoisotopic (exact) mass is 413 g/mol. The van der Waals surface area contributed by atoms with Gasteiger partial charge in [0.25, 0.3) is 0 Å². The zero-order valence-electron chi connectivity index (χ0n) is 16.9. The first-order chi connectivity index (χ1) is 15.1. The molecule has 1 aromatic heterocycles. The molecule has 0 saturated carbocycles. The van der Waals surface area contributed by atoms with Crippen molar-refractivity contribution in [1.82, 2.24) is 10.0 Å². The lowest BCUT2D eigenvalue weighted by Gasteiger charge is -2.20. The fourth-order valence-corrected chi connectivity index (χ4v) is 3.47. The summed E-state index contributed by atoms with van der Waals surface area (Å²) in [5, 5.41) is 12.4. The van der Waals surface area contributed by atoms with Gasteiger partial charge in [-0.25, -0.2) is 9.86 Å². The molecule has 0 aliphatic heterocycles. The van der Waals surface area contributed by atoms with Gasteiger partial charge in [0, 0.05) is 12.4 Å². The van der Waals surface area contributed by atoms with E-state index in [1.165, 1.54) is 5.39 Å². The zero-order chi connectivity index (χ0) is 21.6. The Morgan fingerprint density at radius 2 is 1.68 bits per heavy atom. The van der Waals surface area contributed by atoms with Crippen LogP contribution in [-0.4, -0.2) is 21.3 Å². The number of carbonyl (C=O) groups excluding carboxylic acids is 1. The minimum Gasteiger partial charge on any atom is -0.364 e. The summed E-state index contributed by atoms with van der Waals surface area (Å²) >= 11 is 0. The van der Waals surface area contributed by atoms with Crippen LogP contribution in [0.15, 0.2) is 91.3 Å². The molecule has 0 fully saturated rings. The molecule has 6 heteroatoms. The molecule has 0 saturated heterocycles. The molecule has 1 atom stereocenters. The van der Waals surface area contributed by atoms with Gasteiger partial charge < -0.3 is 10.5 Å². The Balaban J connectivity index is 1.63. The smallest absolute Gasteiger partial charge is 0.338 e. The summed E-state index contributed by atoms with van der Waals surface area (Å²) in [4.78, 5) is 15.2. The van der Waals surface area contributed by atoms with E-state index in [4.69, 9.17) is 10.5 Å². The summed E-state index contributed by atoms with van der Waals surface area (Å²) < 4.78 is 6.33. The summed E-state index contributed by atoms with van der Waals surface area (Å²) in [6.07, 6.45) is 3.24. The highest BCUT2D eigenvalue weighted by atomic mass is 16.5. The van der Waals surface area contributed by atoms with E-state index in [2.05, 4.69) is 35.3 Å². The maximum atomic E-state index is 11.1. The first-order valence-electron chi connectivity index (χ1n) is 9.94. The summed E-state index contributed by atoms with van der Waals surface area (Å²) in [5.74, 6) is 0. The second-order valence-corrected chi connectivity index (χ2v) is 7.30. The molecule has 0 radical (unpaired) electrons. The number of urea groups is 1. The topological polar surface area (TPSA) is 88.7 Å². The van der Waals surface area contributed by atoms with Crippen molar-refractivity contribution in [3.63, 3.8) is 0 Å². The largest absolute Gasteiger partial charge is 0.364 e. The Bertz CT molecular complexity index is 1160. The molecular weight excluding hydrogens is 390 g/mol. The lowest BCUT2D eigenvalue weighted by Crippen LogP contribution is -2.31. The van der Waals surface area contributed by atoms with Crippen LogP contribution in [0.4, 0.5) is 4.79 Å². The Morgan fingerprint density at radius 3 is 2.39 bits per heavy atom. The zero-order valence-corrected chi connectivity index (χ0v) is 16.9. The van der Waals surface area contributed by atoms with Gasteiger partial charge in [0.15, 0.2) is 0 Å². The van der Waals surface area contributed by atoms with E-state index in [-0.39, 0.29) is 12.6 Å². The van der Waals surface area contributed by atoms with Crippen molar-refractivity contribution in [3.8, 4) is 0 Å². The van der Waals surface area contributed by atoms with Crippen molar-refractivity contribution in [3.05, 3.63) is 114 Å². The van der Waals surface area contributed by atoms with Gasteiger partial charge in [-0.2, -0.15) is 0 Å². The predicted molar refractivity (Wildman–Crippen MR) is 118 cm³/mol. The van der Waals surface area contributed by atoms with Gasteiger partial charge in [-0.15, -0.1) is 0 Å². The minimum atomic E-state index is -0.891. The van der Waals surface area contributed by atoms with Crippen LogP contribution in [0, 0.1) is 0 Å². The third-order valence-electron chi connectivity index (χ3n) is 5.08. The van der Waals surface area contributed by atoms with E-state index in [0.717, 1.165) is 27.6 Å². The lowest BCUT2D eigenvalue weighted by molar-refractivity contribution is -0.0470. The normalized spacial score (nSPS) is 11.9. The molecule has 1 unspecified atom stereocenters. The first kappa shape index (κ1) is 20.5. The number of hydroxylamine groups is 2. The van der Waals surface area contributed by atoms with Crippen molar-refractivity contribution in [2.45, 2.75) is 19.3 Å². The number of ether oxygens (including phenoxy) is 1. The van der Waals surface area contributed by atoms with Crippen LogP contribution in [0.2, 0.25) is 0 Å². The number of amides is 2. The number of rotatable bonds is 7. The van der Waals surface area contributed by atoms with E-state index in [1.807, 2.05) is 48.5 Å². The fraction of sp³-hybridized carbons (Fsp3) is 0.120. The molecule has 0 spiro atoms. The summed E-state index contributed by atoms with van der Waals surface area (Å²) in [5.41, 5.74) is 8.84. The van der Waals surface area contributed by atoms with Crippen LogP contribution in [0.3, 0.4) is 0 Å². The van der Waals surface area contributed by atoms with Crippen LogP contribution in [0.1, 0.15) is 28.4 Å². The van der Waals surface area contributed by atoms with Crippen molar-refractivity contribution in [2.75, 3.05) is 0 Å². The fourth-order valence-electron chi connectivity index (χ4n) is 3.47. The number of nitrogens with zero attached hydrogens (tertiary/aromatic N) is 2. The maximum absolute atomic E-state index is 11.1. The molecule has 4 rings (SSSR count). The number of nitrogens with two attached hydrogens (primary N) is 1. The van der Waals surface area contributed by atoms with Crippen LogP contribution >= 0.6 is 0 Å². The van der Waals surface area contributed by atoms with Crippen molar-refractivity contribution in [1.29, 1.82) is 0 Å². The molecule has 1 heterocycles. The van der Waals surface area contributed by atoms with Gasteiger partial charge >= 0.3 is 6.03 Å². The Hall–Kier alpha value is -3.74. The first-order valence-corrected chi connectivity index (χ1v) is 9.94. The molecule has 4 aromatic rings. The summed E-state index contributed by atoms with van der Waals surface area (Å²) in [7, 11) is 0. The second-order valence-electron chi connectivity index (χ2n) is 7.30. The van der Waals surface area contributed by atoms with E-state index in [1.54, 1.807) is 12.4 Å². The number of fused-ring (bicyclic) bond motifs is 1. The molecule has 0 aliphatic rings. The SMILES string of the molecule is NC(=O)N(O)Cc1ccc(C(OCc2cccnc2)c2ccc3ccccc3c2)cc1. The van der Waals surface area contributed by atoms with Gasteiger partial charge in [-0.3, -0.25) is 10.2 Å². The van der Waals surface area contributed by atoms with Gasteiger partial charge in [0.2, 0.25) is 0 Å². The standard InChI is InChI=1S/C25H23N3O3/c26-25(29)28(30)16-18-7-9-21(10-8-18)24(31-17-19-4-3-13-27-15-19)23-12-11-20-5-1-2-6-22(20)14-23/h1-15,24,30H,16-17H2,(H2,26,29). The number of hydrogen-bond acceptors (Lipinski definition) is 4. The molecule has 31 heavy (non-hydrogen) atoms. The van der Waals surface area contributed by atoms with Gasteiger partial charge in [-0.05, 0) is 45.2 Å². The molecule has 0 aliphatic carbocycles. The van der Waals surface area contributed by atoms with Crippen molar-refractivity contribution < 1.29 is 14.7 Å². The van der Waals surface area contributed by atoms with Crippen LogP contribution < -0.4 is 5.73 Å². The van der Waals surface area contributed by atoms with E-state index in [0.29, 0.717) is 11.7 Å². The molecule has 6 nitrogen and oxygen atoms in total. The van der Waals surface area contributed by atoms with Gasteiger partial charge in [-0.1, -0.05) is 66.7 Å². The molecule has 0 bridgehead atoms. The molecule has 2 amide bonds. The number of hydrogen-bond donors (Lipinski definition) is 2. The highest BCUT2D eigenvalue weighted by Gasteiger charge is 2.16. The number of primary amides is 1. The Labute approximate surface area is 180 Å². The lowest BCUT2D eigenvalue weighted by atomic mass is 9.97. The second kappa shape index (κ2) is 9.38. The molecule has 3 N–H and O–H groups in total. The highest BCUT2D eigenvalue weighted by molar-refractivity contribution is 5.83. The van der Waals surface area contributed by atoms with E-state index < -0.39 is 6.03 Å². The molecular formula is C25H23N3O3. The molecule has 3 aromatic carbocycles. The van der Waals surface area contributed by atoms with E-state index in [9.17, 15) is 10.0 Å². The predicted octanol–water partition coefficient (Wildman–Crippen LogP) is 4.81. The highest BCUT2D eigenvalue weighted by Crippen LogP contribution is 2.30. The van der Waals surface area contributed by atoms with Crippen molar-refractivity contribution in [2.24, 2.45) is 5.73 Å². The summed E-state index contributed by atoms with van der Waals surface area (Å²) in [6.45, 7) is 0.436. The maximum Gasteiger partial charge on any atom is 0.338 e. The number of pyridine rings is 1. The number of aromatic nitrogens is 1. The Kier molecular flexibility index (Phi) is 6.21. The average molecular weight is 413 g/mol. The van der Waals surface area contributed by atoms with Crippen LogP contribution in [-0.2, 0) is 17.9 Å². The van der Waals surface area contributed by atoms with Crippen LogP contribution in [0.25, 0.3) is 10.8 Å². The van der Waals surface area contributed by atoms with Crippen LogP contribution in [0.5, 0.6) is 0 Å². The minimum absolute atomic E-state index is 0.0206. The number of carbonyl (C=O) groups is 1. The van der Waals surface area contributed by atoms with E-state index >= 15 is 0 Å². The van der Waals surface area contributed by atoms with Gasteiger partial charge in [0.05, 0.1) is 13.2 Å². The third-order valence-corrected chi connectivity index (χ3v) is 5.08. The van der Waals surface area contributed by atoms with Gasteiger partial charge in [0.1, 0.15) is 6.10 Å². The van der Waals surface area contributed by atoms with Crippen molar-refractivity contribution >= 4 is 16.8 Å². The summed E-state index contributed by atoms with van der Waals surface area (Å²) in [6, 6.07) is 25.1. The average Bonchev–Trinajstić information content (AvgIpc) is 2.80. The quantitative estimate of drug-likeness (QED) is 0.336. The molecule has 156 valence electrons. The third kappa shape index (κ3) is 5.06.